The van der Waals surface area contributed by atoms with Gasteiger partial charge in [-0.25, -0.2) is 4.79 Å². The fourth-order valence-electron chi connectivity index (χ4n) is 2.12. The van der Waals surface area contributed by atoms with Gasteiger partial charge in [0.15, 0.2) is 0 Å². The quantitative estimate of drug-likeness (QED) is 0.207. The van der Waals surface area contributed by atoms with E-state index in [9.17, 15) is 34.9 Å². The van der Waals surface area contributed by atoms with Gasteiger partial charge in [0.2, 0.25) is 0 Å². The van der Waals surface area contributed by atoms with Crippen molar-refractivity contribution in [2.45, 2.75) is 3.98 Å². The summed E-state index contributed by atoms with van der Waals surface area (Å²) in [5.41, 5.74) is 1.75. The van der Waals surface area contributed by atoms with Crippen LogP contribution in [0.3, 0.4) is 0 Å². The third kappa shape index (κ3) is 13.4. The van der Waals surface area contributed by atoms with Crippen molar-refractivity contribution in [1.82, 2.24) is 4.98 Å². The predicted molar refractivity (Wildman–Crippen MR) is 115 cm³/mol. The third-order valence-corrected chi connectivity index (χ3v) is 5.31. The minimum atomic E-state index is -1.45. The Morgan fingerprint density at radius 2 is 1.34 bits per heavy atom. The van der Waals surface area contributed by atoms with Gasteiger partial charge in [-0.1, -0.05) is 0 Å². The first-order valence-electron chi connectivity index (χ1n) is 9.27. The van der Waals surface area contributed by atoms with E-state index in [0.717, 1.165) is 25.8 Å². The molecule has 0 saturated heterocycles. The number of carbonyl (C=O) groups excluding carboxylic acids is 1. The van der Waals surface area contributed by atoms with Crippen molar-refractivity contribution in [2.24, 2.45) is 0 Å². The first kappa shape index (κ1) is 31.1. The molecule has 0 fully saturated rings. The van der Waals surface area contributed by atoms with Gasteiger partial charge in [-0.15, -0.1) is 0 Å². The van der Waals surface area contributed by atoms with Crippen molar-refractivity contribution in [3.8, 4) is 0 Å². The number of nitrogens with zero attached hydrogens (tertiary/aromatic N) is 3. The van der Waals surface area contributed by atoms with Gasteiger partial charge in [0.05, 0.1) is 9.85 Å². The summed E-state index contributed by atoms with van der Waals surface area (Å²) >= 11 is 1.04. The summed E-state index contributed by atoms with van der Waals surface area (Å²) in [6.45, 7) is 0. The van der Waals surface area contributed by atoms with Gasteiger partial charge in [0.1, 0.15) is 6.09 Å². The molecule has 0 unspecified atom stereocenters. The monoisotopic (exact) mass is 604 g/mol. The van der Waals surface area contributed by atoms with E-state index >= 15 is 0 Å². The number of carboxylic acid groups (broad SMARTS) is 2. The minimum Gasteiger partial charge on any atom is -1.00 e. The Morgan fingerprint density at radius 1 is 0.886 bits per heavy atom. The molecule has 181 valence electrons. The van der Waals surface area contributed by atoms with Crippen LogP contribution in [0.1, 0.15) is 5.56 Å². The number of halogens is 1. The van der Waals surface area contributed by atoms with Gasteiger partial charge in [-0.3, -0.25) is 25.5 Å². The number of hydrogen-bond acceptors (Lipinski definition) is 8. The Bertz CT molecular complexity index is 1030. The molecule has 0 aliphatic carbocycles. The first-order chi connectivity index (χ1) is 16.1. The van der Waals surface area contributed by atoms with Crippen LogP contribution in [-0.2, 0) is 29.7 Å². The average molecular weight is 603 g/mol. The molecule has 0 aliphatic rings. The van der Waals surface area contributed by atoms with Crippen LogP contribution >= 0.6 is 0 Å². The summed E-state index contributed by atoms with van der Waals surface area (Å²) in [6.07, 6.45) is 1.09. The molecule has 0 saturated carbocycles. The molecule has 13 nitrogen and oxygen atoms in total. The number of rotatable bonds is 5. The zero-order valence-corrected chi connectivity index (χ0v) is 22.7. The van der Waals surface area contributed by atoms with Crippen LogP contribution in [0, 0.1) is 20.2 Å². The maximum Gasteiger partial charge on any atom is -1.00 e. The fourth-order valence-corrected chi connectivity index (χ4v) is 2.96. The Hall–Kier alpha value is -3.86. The molecule has 2 aromatic carbocycles. The van der Waals surface area contributed by atoms with Crippen molar-refractivity contribution in [2.75, 3.05) is 10.6 Å². The molecular formula is C20H17CdClN5O8-2. The van der Waals surface area contributed by atoms with Crippen LogP contribution in [-0.4, -0.2) is 32.1 Å². The third-order valence-electron chi connectivity index (χ3n) is 3.67. The second kappa shape index (κ2) is 16.7. The summed E-state index contributed by atoms with van der Waals surface area (Å²) in [7, 11) is 0. The molecule has 1 heterocycles. The number of anilines is 2. The molecule has 35 heavy (non-hydrogen) atoms. The molecule has 0 radical (unpaired) electrons. The smallest absolute Gasteiger partial charge is 1.00 e. The number of pyridine rings is 1. The van der Waals surface area contributed by atoms with Gasteiger partial charge < -0.3 is 32.7 Å². The number of benzene rings is 2. The molecule has 0 spiro atoms. The number of non-ortho nitro benzene ring substituents is 2. The predicted octanol–water partition coefficient (Wildman–Crippen LogP) is 0.167. The van der Waals surface area contributed by atoms with Crippen LogP contribution < -0.4 is 28.1 Å². The normalized spacial score (nSPS) is 8.97. The molecule has 1 aromatic heterocycles. The number of nitro groups is 2. The molecule has 0 bridgehead atoms. The summed E-state index contributed by atoms with van der Waals surface area (Å²) in [4.78, 5) is 43.4. The number of nitro benzene ring substituents is 2. The topological polar surface area (TPSA) is 201 Å². The van der Waals surface area contributed by atoms with Gasteiger partial charge in [-0.05, 0) is 24.3 Å². The standard InChI is InChI=1S/2C7H6N2O4.C6H6N.Cd.ClH/c2*10-7(11)8-5-1-3-6(4-2-5)9(12)13;1-6-3-2-4-7-5-6;;/h2*1-4,8H,(H,10,11);2-5H,1H2;;1H/p-2. The van der Waals surface area contributed by atoms with Gasteiger partial charge in [0, 0.05) is 35.6 Å². The molecular weight excluding hydrogens is 586 g/mol. The molecule has 0 aliphatic heterocycles. The van der Waals surface area contributed by atoms with Gasteiger partial charge in [-0.2, -0.15) is 0 Å². The maximum absolute atomic E-state index is 10.2. The number of carbonyl (C=O) groups is 2. The van der Waals surface area contributed by atoms with Crippen LogP contribution in [0.15, 0.2) is 73.1 Å². The summed E-state index contributed by atoms with van der Waals surface area (Å²) in [6, 6.07) is 14.2. The van der Waals surface area contributed by atoms with Crippen molar-refractivity contribution >= 4 is 34.9 Å². The van der Waals surface area contributed by atoms with E-state index in [0.29, 0.717) is 5.69 Å². The van der Waals surface area contributed by atoms with E-state index < -0.39 is 22.0 Å². The van der Waals surface area contributed by atoms with Crippen molar-refractivity contribution in [3.63, 3.8) is 0 Å². The maximum atomic E-state index is 10.2. The number of amides is 2. The van der Waals surface area contributed by atoms with Crippen molar-refractivity contribution in [1.29, 1.82) is 0 Å². The molecule has 3 N–H and O–H groups in total. The Morgan fingerprint density at radius 3 is 1.63 bits per heavy atom. The Balaban J connectivity index is 0.000000503. The van der Waals surface area contributed by atoms with E-state index in [1.807, 2.05) is 23.8 Å². The SMILES string of the molecule is O=C(O)Nc1ccc([N+](=O)[O-])cc1.O=C([O-])Nc1ccc([N+](=O)[O-])cc1.[Cd][CH2]c1cccnc1.[Cl-]. The Kier molecular flexibility index (Phi) is 14.9. The minimum absolute atomic E-state index is 0. The molecule has 2 amide bonds. The zero-order chi connectivity index (χ0) is 25.5. The summed E-state index contributed by atoms with van der Waals surface area (Å²) in [5, 5.41) is 42.7. The van der Waals surface area contributed by atoms with Crippen LogP contribution in [0.5, 0.6) is 0 Å². The van der Waals surface area contributed by atoms with E-state index in [-0.39, 0.29) is 29.5 Å². The summed E-state index contributed by atoms with van der Waals surface area (Å²) in [5.74, 6) is 0. The van der Waals surface area contributed by atoms with Crippen LogP contribution in [0.4, 0.5) is 32.3 Å². The van der Waals surface area contributed by atoms with E-state index in [2.05, 4.69) is 16.4 Å². The largest absolute Gasteiger partial charge is 1.00 e. The molecule has 0 atom stereocenters. The number of nitrogens with one attached hydrogen (secondary N) is 2. The van der Waals surface area contributed by atoms with E-state index in [4.69, 9.17) is 5.11 Å². The van der Waals surface area contributed by atoms with Crippen LogP contribution in [0.25, 0.3) is 0 Å². The number of hydrogen-bond donors (Lipinski definition) is 3. The molecule has 3 rings (SSSR count). The number of aromatic nitrogens is 1. The second-order valence-corrected chi connectivity index (χ2v) is 7.49. The molecule has 15 heteroatoms. The van der Waals surface area contributed by atoms with E-state index in [1.165, 1.54) is 58.1 Å². The van der Waals surface area contributed by atoms with Crippen LogP contribution in [0.2, 0.25) is 0 Å². The summed E-state index contributed by atoms with van der Waals surface area (Å²) < 4.78 is 1.25. The van der Waals surface area contributed by atoms with Crippen molar-refractivity contribution in [3.05, 3.63) is 98.8 Å². The first-order valence-corrected chi connectivity index (χ1v) is 12.1. The fraction of sp³-hybridized carbons (Fsp3) is 0.0500. The molecule has 3 aromatic rings. The zero-order valence-electron chi connectivity index (χ0n) is 17.9. The van der Waals surface area contributed by atoms with E-state index in [1.54, 1.807) is 0 Å². The van der Waals surface area contributed by atoms with Gasteiger partial charge >= 0.3 is 70.9 Å². The average Bonchev–Trinajstić information content (AvgIpc) is 2.80. The van der Waals surface area contributed by atoms with Gasteiger partial charge in [0.25, 0.3) is 11.4 Å². The Labute approximate surface area is 220 Å². The second-order valence-electron chi connectivity index (χ2n) is 6.06. The van der Waals surface area contributed by atoms with Crippen molar-refractivity contribution < 1.29 is 67.8 Å².